The first-order chi connectivity index (χ1) is 12.4. The van der Waals surface area contributed by atoms with Gasteiger partial charge in [0.1, 0.15) is 11.4 Å². The minimum Gasteiger partial charge on any atom is -0.455 e. The molecule has 1 atom stereocenters. The van der Waals surface area contributed by atoms with Crippen molar-refractivity contribution >= 4 is 11.9 Å². The lowest BCUT2D eigenvalue weighted by molar-refractivity contribution is -0.154. The minimum absolute atomic E-state index is 0.160. The van der Waals surface area contributed by atoms with E-state index in [9.17, 15) is 19.2 Å². The fraction of sp³-hybridized carbons (Fsp3) is 0.550. The lowest BCUT2D eigenvalue weighted by atomic mass is 9.79. The van der Waals surface area contributed by atoms with Crippen LogP contribution in [0.5, 0.6) is 0 Å². The number of benzene rings is 1. The number of hydrogen-bond donors (Lipinski definition) is 1. The van der Waals surface area contributed by atoms with Gasteiger partial charge < -0.3 is 10.1 Å². The Bertz CT molecular complexity index is 730. The van der Waals surface area contributed by atoms with Gasteiger partial charge >= 0.3 is 5.97 Å². The topological polar surface area (TPSA) is 79.2 Å². The van der Waals surface area contributed by atoms with E-state index in [-0.39, 0.29) is 11.7 Å². The summed E-state index contributed by atoms with van der Waals surface area (Å²) in [6, 6.07) is 8.04. The van der Waals surface area contributed by atoms with Gasteiger partial charge in [-0.25, -0.2) is 4.39 Å². The fourth-order valence-electron chi connectivity index (χ4n) is 3.84. The molecule has 1 aromatic carbocycles. The second-order valence-corrected chi connectivity index (χ2v) is 7.51. The molecule has 0 radical (unpaired) electrons. The second kappa shape index (κ2) is 7.06. The van der Waals surface area contributed by atoms with E-state index in [1.165, 1.54) is 12.1 Å². The average molecular weight is 358 g/mol. The molecule has 138 valence electrons. The molecule has 2 fully saturated rings. The Labute approximate surface area is 152 Å². The van der Waals surface area contributed by atoms with Gasteiger partial charge in [0.25, 0.3) is 5.91 Å². The maximum Gasteiger partial charge on any atom is 0.317 e. The normalized spacial score (nSPS) is 20.7. The van der Waals surface area contributed by atoms with Crippen LogP contribution in [0, 0.1) is 23.1 Å². The number of nitriles is 1. The van der Waals surface area contributed by atoms with Crippen LogP contribution >= 0.6 is 0 Å². The average Bonchev–Trinajstić information content (AvgIpc) is 3.38. The van der Waals surface area contributed by atoms with Gasteiger partial charge in [-0.3, -0.25) is 9.59 Å². The summed E-state index contributed by atoms with van der Waals surface area (Å²) in [6.45, 7) is 1.28. The highest BCUT2D eigenvalue weighted by Crippen LogP contribution is 2.42. The molecule has 2 aliphatic rings. The Morgan fingerprint density at radius 1 is 1.31 bits per heavy atom. The second-order valence-electron chi connectivity index (χ2n) is 7.51. The first-order valence-electron chi connectivity index (χ1n) is 9.05. The van der Waals surface area contributed by atoms with Gasteiger partial charge in [-0.05, 0) is 56.2 Å². The van der Waals surface area contributed by atoms with Gasteiger partial charge in [0.15, 0.2) is 6.61 Å². The largest absolute Gasteiger partial charge is 0.455 e. The van der Waals surface area contributed by atoms with E-state index in [1.54, 1.807) is 19.1 Å². The molecule has 0 bridgehead atoms. The molecule has 6 heteroatoms. The van der Waals surface area contributed by atoms with E-state index in [1.807, 2.05) is 0 Å². The molecule has 0 aromatic heterocycles. The molecule has 2 aliphatic carbocycles. The van der Waals surface area contributed by atoms with Crippen LogP contribution < -0.4 is 5.32 Å². The number of hydrogen-bond acceptors (Lipinski definition) is 4. The summed E-state index contributed by atoms with van der Waals surface area (Å²) in [5.74, 6) is -1.12. The highest BCUT2D eigenvalue weighted by Gasteiger charge is 2.45. The predicted octanol–water partition coefficient (Wildman–Crippen LogP) is 2.99. The number of amides is 1. The molecular weight excluding hydrogens is 335 g/mol. The van der Waals surface area contributed by atoms with E-state index >= 15 is 0 Å². The molecule has 1 aromatic rings. The standard InChI is InChI=1S/C20H23FN2O3/c1-19(13-22,14-4-5-14)23-17(24)12-26-18(25)20(10-2-3-11-20)15-6-8-16(21)9-7-15/h6-9,14H,2-5,10-12H2,1H3,(H,23,24)/t19-/m0/s1. The van der Waals surface area contributed by atoms with E-state index in [4.69, 9.17) is 4.74 Å². The quantitative estimate of drug-likeness (QED) is 0.793. The molecule has 1 N–H and O–H groups in total. The smallest absolute Gasteiger partial charge is 0.317 e. The molecular formula is C20H23FN2O3. The molecule has 0 aliphatic heterocycles. The first kappa shape index (κ1) is 18.4. The third-order valence-electron chi connectivity index (χ3n) is 5.60. The molecule has 0 saturated heterocycles. The highest BCUT2D eigenvalue weighted by atomic mass is 19.1. The van der Waals surface area contributed by atoms with E-state index < -0.39 is 29.4 Å². The van der Waals surface area contributed by atoms with E-state index in [2.05, 4.69) is 11.4 Å². The Balaban J connectivity index is 1.65. The zero-order chi connectivity index (χ0) is 18.8. The van der Waals surface area contributed by atoms with Crippen LogP contribution in [0.1, 0.15) is 51.0 Å². The summed E-state index contributed by atoms with van der Waals surface area (Å²) in [7, 11) is 0. The molecule has 1 amide bonds. The molecule has 0 spiro atoms. The van der Waals surface area contributed by atoms with Crippen LogP contribution in [-0.2, 0) is 19.7 Å². The monoisotopic (exact) mass is 358 g/mol. The van der Waals surface area contributed by atoms with Crippen LogP contribution in [-0.4, -0.2) is 24.0 Å². The molecule has 3 rings (SSSR count). The summed E-state index contributed by atoms with van der Waals surface area (Å²) in [5.41, 5.74) is -1.00. The Hall–Kier alpha value is -2.42. The van der Waals surface area contributed by atoms with Crippen molar-refractivity contribution in [2.75, 3.05) is 6.61 Å². The van der Waals surface area contributed by atoms with Gasteiger partial charge in [-0.15, -0.1) is 0 Å². The first-order valence-corrected chi connectivity index (χ1v) is 9.05. The van der Waals surface area contributed by atoms with Crippen molar-refractivity contribution in [3.05, 3.63) is 35.6 Å². The lowest BCUT2D eigenvalue weighted by Gasteiger charge is -2.28. The third-order valence-corrected chi connectivity index (χ3v) is 5.60. The van der Waals surface area contributed by atoms with Gasteiger partial charge in [-0.2, -0.15) is 5.26 Å². The van der Waals surface area contributed by atoms with Crippen LogP contribution in [0.2, 0.25) is 0 Å². The maximum absolute atomic E-state index is 13.2. The Morgan fingerprint density at radius 2 is 1.92 bits per heavy atom. The van der Waals surface area contributed by atoms with Crippen molar-refractivity contribution < 1.29 is 18.7 Å². The van der Waals surface area contributed by atoms with Crippen molar-refractivity contribution in [1.82, 2.24) is 5.32 Å². The number of ether oxygens (including phenoxy) is 1. The Morgan fingerprint density at radius 3 is 2.46 bits per heavy atom. The van der Waals surface area contributed by atoms with Crippen molar-refractivity contribution in [2.24, 2.45) is 5.92 Å². The van der Waals surface area contributed by atoms with Crippen molar-refractivity contribution in [2.45, 2.75) is 56.4 Å². The number of carbonyl (C=O) groups is 2. The molecule has 2 saturated carbocycles. The SMILES string of the molecule is C[C@@](C#N)(NC(=O)COC(=O)C1(c2ccc(F)cc2)CCCC1)C1CC1. The summed E-state index contributed by atoms with van der Waals surface area (Å²) >= 11 is 0. The summed E-state index contributed by atoms with van der Waals surface area (Å²) in [4.78, 5) is 24.9. The zero-order valence-electron chi connectivity index (χ0n) is 14.9. The Kier molecular flexibility index (Phi) is 4.99. The zero-order valence-corrected chi connectivity index (χ0v) is 14.9. The van der Waals surface area contributed by atoms with Crippen molar-refractivity contribution in [3.8, 4) is 6.07 Å². The van der Waals surface area contributed by atoms with Gasteiger partial charge in [-0.1, -0.05) is 25.0 Å². The number of halogens is 1. The van der Waals surface area contributed by atoms with Crippen LogP contribution in [0.15, 0.2) is 24.3 Å². The number of nitrogens with one attached hydrogen (secondary N) is 1. The lowest BCUT2D eigenvalue weighted by Crippen LogP contribution is -2.48. The number of nitrogens with zero attached hydrogens (tertiary/aromatic N) is 1. The molecule has 0 heterocycles. The van der Waals surface area contributed by atoms with Gasteiger partial charge in [0.2, 0.25) is 0 Å². The van der Waals surface area contributed by atoms with Crippen LogP contribution in [0.25, 0.3) is 0 Å². The van der Waals surface area contributed by atoms with Crippen LogP contribution in [0.3, 0.4) is 0 Å². The fourth-order valence-corrected chi connectivity index (χ4v) is 3.84. The number of esters is 1. The van der Waals surface area contributed by atoms with E-state index in [0.29, 0.717) is 12.8 Å². The summed E-state index contributed by atoms with van der Waals surface area (Å²) in [6.07, 6.45) is 4.84. The minimum atomic E-state index is -0.911. The summed E-state index contributed by atoms with van der Waals surface area (Å²) in [5, 5.41) is 12.0. The van der Waals surface area contributed by atoms with Crippen LogP contribution in [0.4, 0.5) is 4.39 Å². The van der Waals surface area contributed by atoms with E-state index in [0.717, 1.165) is 31.2 Å². The molecule has 5 nitrogen and oxygen atoms in total. The maximum atomic E-state index is 13.2. The van der Waals surface area contributed by atoms with Gasteiger partial charge in [0.05, 0.1) is 11.5 Å². The van der Waals surface area contributed by atoms with Crippen molar-refractivity contribution in [3.63, 3.8) is 0 Å². The van der Waals surface area contributed by atoms with Crippen molar-refractivity contribution in [1.29, 1.82) is 5.26 Å². The predicted molar refractivity (Wildman–Crippen MR) is 92.4 cm³/mol. The number of carbonyl (C=O) groups excluding carboxylic acids is 2. The molecule has 0 unspecified atom stereocenters. The summed E-state index contributed by atoms with van der Waals surface area (Å²) < 4.78 is 18.5. The number of rotatable bonds is 6. The third kappa shape index (κ3) is 3.57. The highest BCUT2D eigenvalue weighted by molar-refractivity contribution is 5.87. The van der Waals surface area contributed by atoms with Gasteiger partial charge in [0, 0.05) is 0 Å². The molecule has 26 heavy (non-hydrogen) atoms.